The Kier molecular flexibility index (Phi) is 4.23. The number of nitrogens with zero attached hydrogens (tertiary/aromatic N) is 1. The van der Waals surface area contributed by atoms with Crippen LogP contribution in [0.2, 0.25) is 0 Å². The zero-order valence-electron chi connectivity index (χ0n) is 9.74. The maximum absolute atomic E-state index is 13.0. The van der Waals surface area contributed by atoms with Gasteiger partial charge in [0.25, 0.3) is 0 Å². The fourth-order valence-corrected chi connectivity index (χ4v) is 2.57. The summed E-state index contributed by atoms with van der Waals surface area (Å²) < 4.78 is 13.0. The van der Waals surface area contributed by atoms with Gasteiger partial charge in [0.05, 0.1) is 5.01 Å². The SMILES string of the molecule is CNCCc1cnc(Cc2cccc(F)c2)s1. The number of benzene rings is 1. The van der Waals surface area contributed by atoms with Crippen molar-refractivity contribution < 1.29 is 4.39 Å². The Morgan fingerprint density at radius 1 is 1.41 bits per heavy atom. The van der Waals surface area contributed by atoms with Gasteiger partial charge in [-0.05, 0) is 37.7 Å². The van der Waals surface area contributed by atoms with Gasteiger partial charge < -0.3 is 5.32 Å². The average molecular weight is 250 g/mol. The van der Waals surface area contributed by atoms with Gasteiger partial charge in [0.15, 0.2) is 0 Å². The van der Waals surface area contributed by atoms with Crippen molar-refractivity contribution in [2.75, 3.05) is 13.6 Å². The zero-order valence-corrected chi connectivity index (χ0v) is 10.6. The first kappa shape index (κ1) is 12.2. The van der Waals surface area contributed by atoms with E-state index in [4.69, 9.17) is 0 Å². The van der Waals surface area contributed by atoms with Crippen LogP contribution >= 0.6 is 11.3 Å². The van der Waals surface area contributed by atoms with Crippen molar-refractivity contribution in [3.8, 4) is 0 Å². The van der Waals surface area contributed by atoms with Gasteiger partial charge in [0, 0.05) is 17.5 Å². The van der Waals surface area contributed by atoms with Crippen LogP contribution in [0.3, 0.4) is 0 Å². The van der Waals surface area contributed by atoms with Gasteiger partial charge in [-0.2, -0.15) is 0 Å². The molecule has 1 N–H and O–H groups in total. The molecule has 0 atom stereocenters. The molecular weight excluding hydrogens is 235 g/mol. The second-order valence-corrected chi connectivity index (χ2v) is 5.08. The summed E-state index contributed by atoms with van der Waals surface area (Å²) in [7, 11) is 1.94. The van der Waals surface area contributed by atoms with Crippen molar-refractivity contribution in [1.82, 2.24) is 10.3 Å². The molecule has 4 heteroatoms. The van der Waals surface area contributed by atoms with E-state index in [1.165, 1.54) is 10.9 Å². The van der Waals surface area contributed by atoms with Gasteiger partial charge >= 0.3 is 0 Å². The molecule has 1 heterocycles. The standard InChI is InChI=1S/C13H15FN2S/c1-15-6-5-12-9-16-13(17-12)8-10-3-2-4-11(14)7-10/h2-4,7,9,15H,5-6,8H2,1H3. The summed E-state index contributed by atoms with van der Waals surface area (Å²) in [6.07, 6.45) is 3.62. The predicted molar refractivity (Wildman–Crippen MR) is 69.0 cm³/mol. The molecule has 2 aromatic rings. The molecule has 1 aromatic carbocycles. The largest absolute Gasteiger partial charge is 0.319 e. The molecule has 0 unspecified atom stereocenters. The first-order chi connectivity index (χ1) is 8.28. The molecule has 0 spiro atoms. The molecule has 1 aromatic heterocycles. The third kappa shape index (κ3) is 3.61. The summed E-state index contributed by atoms with van der Waals surface area (Å²) in [6.45, 7) is 0.960. The molecule has 0 aliphatic carbocycles. The lowest BCUT2D eigenvalue weighted by molar-refractivity contribution is 0.626. The smallest absolute Gasteiger partial charge is 0.123 e. The molecular formula is C13H15FN2S. The van der Waals surface area contributed by atoms with E-state index in [1.54, 1.807) is 23.5 Å². The van der Waals surface area contributed by atoms with E-state index in [0.29, 0.717) is 6.42 Å². The Bertz CT molecular complexity index is 482. The van der Waals surface area contributed by atoms with Gasteiger partial charge in [-0.3, -0.25) is 0 Å². The number of likely N-dealkylation sites (N-methyl/N-ethyl adjacent to an activating group) is 1. The molecule has 0 aliphatic heterocycles. The predicted octanol–water partition coefficient (Wildman–Crippen LogP) is 2.63. The van der Waals surface area contributed by atoms with Gasteiger partial charge in [-0.1, -0.05) is 12.1 Å². The minimum absolute atomic E-state index is 0.186. The number of hydrogen-bond acceptors (Lipinski definition) is 3. The summed E-state index contributed by atoms with van der Waals surface area (Å²) in [6, 6.07) is 6.69. The maximum Gasteiger partial charge on any atom is 0.123 e. The van der Waals surface area contributed by atoms with Crippen molar-refractivity contribution in [2.24, 2.45) is 0 Å². The van der Waals surface area contributed by atoms with Crippen LogP contribution in [0.25, 0.3) is 0 Å². The highest BCUT2D eigenvalue weighted by atomic mass is 32.1. The Labute approximate surface area is 105 Å². The van der Waals surface area contributed by atoms with Gasteiger partial charge in [0.1, 0.15) is 5.82 Å². The van der Waals surface area contributed by atoms with Crippen LogP contribution in [-0.2, 0) is 12.8 Å². The molecule has 0 aliphatic rings. The molecule has 0 fully saturated rings. The van der Waals surface area contributed by atoms with Crippen molar-refractivity contribution in [1.29, 1.82) is 0 Å². The van der Waals surface area contributed by atoms with E-state index in [2.05, 4.69) is 10.3 Å². The van der Waals surface area contributed by atoms with E-state index in [9.17, 15) is 4.39 Å². The summed E-state index contributed by atoms with van der Waals surface area (Å²) in [5, 5.41) is 4.16. The second kappa shape index (κ2) is 5.89. The van der Waals surface area contributed by atoms with Crippen LogP contribution < -0.4 is 5.32 Å². The number of rotatable bonds is 5. The molecule has 0 saturated carbocycles. The molecule has 0 amide bonds. The van der Waals surface area contributed by atoms with E-state index in [-0.39, 0.29) is 5.82 Å². The van der Waals surface area contributed by atoms with Crippen LogP contribution in [-0.4, -0.2) is 18.6 Å². The average Bonchev–Trinajstić information content (AvgIpc) is 2.74. The lowest BCUT2D eigenvalue weighted by Gasteiger charge is -1.97. The van der Waals surface area contributed by atoms with E-state index in [0.717, 1.165) is 23.5 Å². The Morgan fingerprint density at radius 3 is 3.06 bits per heavy atom. The van der Waals surface area contributed by atoms with Crippen molar-refractivity contribution in [3.05, 3.63) is 51.7 Å². The Balaban J connectivity index is 2.01. The molecule has 17 heavy (non-hydrogen) atoms. The summed E-state index contributed by atoms with van der Waals surface area (Å²) in [5.41, 5.74) is 0.972. The molecule has 0 saturated heterocycles. The van der Waals surface area contributed by atoms with Gasteiger partial charge in [-0.15, -0.1) is 11.3 Å². The zero-order chi connectivity index (χ0) is 12.1. The topological polar surface area (TPSA) is 24.9 Å². The quantitative estimate of drug-likeness (QED) is 0.882. The molecule has 90 valence electrons. The highest BCUT2D eigenvalue weighted by Gasteiger charge is 2.03. The number of halogens is 1. The Morgan fingerprint density at radius 2 is 2.29 bits per heavy atom. The fourth-order valence-electron chi connectivity index (χ4n) is 1.62. The van der Waals surface area contributed by atoms with Crippen LogP contribution in [0.1, 0.15) is 15.4 Å². The van der Waals surface area contributed by atoms with Gasteiger partial charge in [0.2, 0.25) is 0 Å². The Hall–Kier alpha value is -1.26. The van der Waals surface area contributed by atoms with E-state index in [1.807, 2.05) is 19.3 Å². The summed E-state index contributed by atoms with van der Waals surface area (Å²) >= 11 is 1.70. The lowest BCUT2D eigenvalue weighted by Crippen LogP contribution is -2.09. The van der Waals surface area contributed by atoms with Crippen molar-refractivity contribution >= 4 is 11.3 Å². The number of aromatic nitrogens is 1. The number of thiazole rings is 1. The van der Waals surface area contributed by atoms with Crippen LogP contribution in [0.15, 0.2) is 30.5 Å². The minimum Gasteiger partial charge on any atom is -0.319 e. The number of nitrogens with one attached hydrogen (secondary N) is 1. The summed E-state index contributed by atoms with van der Waals surface area (Å²) in [5.74, 6) is -0.186. The van der Waals surface area contributed by atoms with E-state index < -0.39 is 0 Å². The maximum atomic E-state index is 13.0. The third-order valence-electron chi connectivity index (χ3n) is 2.47. The minimum atomic E-state index is -0.186. The third-order valence-corrected chi connectivity index (χ3v) is 3.52. The summed E-state index contributed by atoms with van der Waals surface area (Å²) in [4.78, 5) is 5.63. The van der Waals surface area contributed by atoms with Crippen LogP contribution in [0.5, 0.6) is 0 Å². The fraction of sp³-hybridized carbons (Fsp3) is 0.308. The number of hydrogen-bond donors (Lipinski definition) is 1. The monoisotopic (exact) mass is 250 g/mol. The lowest BCUT2D eigenvalue weighted by atomic mass is 10.1. The molecule has 2 nitrogen and oxygen atoms in total. The first-order valence-corrected chi connectivity index (χ1v) is 6.42. The molecule has 2 rings (SSSR count). The highest BCUT2D eigenvalue weighted by molar-refractivity contribution is 7.11. The first-order valence-electron chi connectivity index (χ1n) is 5.60. The van der Waals surface area contributed by atoms with Crippen LogP contribution in [0, 0.1) is 5.82 Å². The molecule has 0 radical (unpaired) electrons. The molecule has 0 bridgehead atoms. The highest BCUT2D eigenvalue weighted by Crippen LogP contribution is 2.17. The second-order valence-electron chi connectivity index (χ2n) is 3.88. The van der Waals surface area contributed by atoms with E-state index >= 15 is 0 Å². The van der Waals surface area contributed by atoms with Crippen molar-refractivity contribution in [2.45, 2.75) is 12.8 Å². The normalized spacial score (nSPS) is 10.7. The van der Waals surface area contributed by atoms with Gasteiger partial charge in [-0.25, -0.2) is 9.37 Å². The van der Waals surface area contributed by atoms with Crippen LogP contribution in [0.4, 0.5) is 4.39 Å². The van der Waals surface area contributed by atoms with Crippen molar-refractivity contribution in [3.63, 3.8) is 0 Å².